The molecule has 0 saturated carbocycles. The number of rotatable bonds is 5. The molecule has 0 unspecified atom stereocenters. The molecule has 0 atom stereocenters. The Morgan fingerprint density at radius 3 is 2.17 bits per heavy atom. The normalized spacial score (nSPS) is 10.3. The molecule has 0 aromatic rings. The molecule has 0 amide bonds. The Morgan fingerprint density at radius 2 is 1.75 bits per heavy atom. The highest BCUT2D eigenvalue weighted by molar-refractivity contribution is 5.10. The molecule has 0 radical (unpaired) electrons. The molecule has 0 aromatic heterocycles. The van der Waals surface area contributed by atoms with Crippen LogP contribution >= 0.6 is 0 Å². The Morgan fingerprint density at radius 1 is 1.17 bits per heavy atom. The van der Waals surface area contributed by atoms with Gasteiger partial charge in [0.05, 0.1) is 12.1 Å². The van der Waals surface area contributed by atoms with Gasteiger partial charge >= 0.3 is 0 Å². The molecule has 0 fully saturated rings. The second kappa shape index (κ2) is 5.57. The minimum atomic E-state index is -0.838. The summed E-state index contributed by atoms with van der Waals surface area (Å²) in [4.78, 5) is 0. The first-order chi connectivity index (χ1) is 5.68. The first kappa shape index (κ1) is 10.9. The van der Waals surface area contributed by atoms with Crippen molar-refractivity contribution >= 4 is 0 Å². The van der Waals surface area contributed by atoms with Crippen molar-refractivity contribution < 1.29 is 5.11 Å². The number of unbranched alkanes of at least 4 members (excludes halogenated alkanes) is 2. The summed E-state index contributed by atoms with van der Waals surface area (Å²) in [6.07, 6.45) is 3.07. The van der Waals surface area contributed by atoms with Gasteiger partial charge in [0, 0.05) is 6.61 Å². The van der Waals surface area contributed by atoms with E-state index < -0.39 is 5.41 Å². The quantitative estimate of drug-likeness (QED) is 0.630. The molecule has 66 valence electrons. The van der Waals surface area contributed by atoms with Crippen molar-refractivity contribution in [2.24, 2.45) is 5.41 Å². The lowest BCUT2D eigenvalue weighted by molar-refractivity contribution is 0.280. The second-order valence-electron chi connectivity index (χ2n) is 3.09. The number of nitrogens with zero attached hydrogens (tertiary/aromatic N) is 2. The lowest BCUT2D eigenvalue weighted by Crippen LogP contribution is -2.09. The second-order valence-corrected chi connectivity index (χ2v) is 3.09. The fraction of sp³-hybridized carbons (Fsp3) is 0.778. The van der Waals surface area contributed by atoms with Gasteiger partial charge in [-0.05, 0) is 19.8 Å². The SMILES string of the molecule is CC(C#N)(C#N)CCCCCO. The average molecular weight is 166 g/mol. The summed E-state index contributed by atoms with van der Waals surface area (Å²) in [5.74, 6) is 0. The molecule has 0 aromatic carbocycles. The zero-order valence-electron chi connectivity index (χ0n) is 7.38. The molecule has 0 aliphatic rings. The summed E-state index contributed by atoms with van der Waals surface area (Å²) in [7, 11) is 0. The summed E-state index contributed by atoms with van der Waals surface area (Å²) >= 11 is 0. The van der Waals surface area contributed by atoms with E-state index in [9.17, 15) is 0 Å². The maximum absolute atomic E-state index is 8.62. The average Bonchev–Trinajstić information content (AvgIpc) is 2.12. The first-order valence-corrected chi connectivity index (χ1v) is 4.12. The predicted octanol–water partition coefficient (Wildman–Crippen LogP) is 1.59. The topological polar surface area (TPSA) is 67.8 Å². The third kappa shape index (κ3) is 3.95. The molecule has 3 nitrogen and oxygen atoms in total. The van der Waals surface area contributed by atoms with Crippen LogP contribution in [0.2, 0.25) is 0 Å². The summed E-state index contributed by atoms with van der Waals surface area (Å²) in [5.41, 5.74) is -0.838. The van der Waals surface area contributed by atoms with Gasteiger partial charge in [-0.1, -0.05) is 12.8 Å². The largest absolute Gasteiger partial charge is 0.396 e. The van der Waals surface area contributed by atoms with Crippen LogP contribution in [-0.2, 0) is 0 Å². The molecule has 0 aliphatic heterocycles. The molecular formula is C9H14N2O. The van der Waals surface area contributed by atoms with Crippen molar-refractivity contribution in [1.29, 1.82) is 10.5 Å². The van der Waals surface area contributed by atoms with E-state index in [1.54, 1.807) is 6.92 Å². The van der Waals surface area contributed by atoms with E-state index in [0.29, 0.717) is 6.42 Å². The van der Waals surface area contributed by atoms with Crippen molar-refractivity contribution in [3.05, 3.63) is 0 Å². The molecule has 0 saturated heterocycles. The monoisotopic (exact) mass is 166 g/mol. The number of aliphatic hydroxyl groups excluding tert-OH is 1. The molecule has 12 heavy (non-hydrogen) atoms. The predicted molar refractivity (Wildman–Crippen MR) is 44.9 cm³/mol. The number of aliphatic hydroxyl groups is 1. The minimum absolute atomic E-state index is 0.190. The van der Waals surface area contributed by atoms with Crippen LogP contribution in [0.15, 0.2) is 0 Å². The lowest BCUT2D eigenvalue weighted by atomic mass is 9.88. The highest BCUT2D eigenvalue weighted by Crippen LogP contribution is 2.21. The number of nitriles is 2. The summed E-state index contributed by atoms with van der Waals surface area (Å²) in [5, 5.41) is 25.7. The fourth-order valence-electron chi connectivity index (χ4n) is 0.904. The van der Waals surface area contributed by atoms with Crippen molar-refractivity contribution in [3.8, 4) is 12.1 Å². The van der Waals surface area contributed by atoms with Gasteiger partial charge < -0.3 is 5.11 Å². The van der Waals surface area contributed by atoms with Crippen LogP contribution in [0.25, 0.3) is 0 Å². The van der Waals surface area contributed by atoms with Crippen molar-refractivity contribution in [3.63, 3.8) is 0 Å². The Kier molecular flexibility index (Phi) is 5.08. The standard InChI is InChI=1S/C9H14N2O/c1-9(7-10,8-11)5-3-2-4-6-12/h12H,2-6H2,1H3. The van der Waals surface area contributed by atoms with Gasteiger partial charge in [0.25, 0.3) is 0 Å². The van der Waals surface area contributed by atoms with Crippen molar-refractivity contribution in [2.75, 3.05) is 6.61 Å². The van der Waals surface area contributed by atoms with Gasteiger partial charge in [-0.3, -0.25) is 0 Å². The molecule has 0 rings (SSSR count). The Bertz CT molecular complexity index is 186. The highest BCUT2D eigenvalue weighted by Gasteiger charge is 2.21. The van der Waals surface area contributed by atoms with E-state index in [-0.39, 0.29) is 6.61 Å². The van der Waals surface area contributed by atoms with Gasteiger partial charge in [0.15, 0.2) is 0 Å². The molecular weight excluding hydrogens is 152 g/mol. The third-order valence-electron chi connectivity index (χ3n) is 1.83. The van der Waals surface area contributed by atoms with Crippen LogP contribution in [0, 0.1) is 28.1 Å². The van der Waals surface area contributed by atoms with Crippen LogP contribution in [0.5, 0.6) is 0 Å². The van der Waals surface area contributed by atoms with E-state index in [0.717, 1.165) is 19.3 Å². The zero-order chi connectivity index (χ0) is 9.45. The van der Waals surface area contributed by atoms with Crippen molar-refractivity contribution in [1.82, 2.24) is 0 Å². The Hall–Kier alpha value is -1.06. The first-order valence-electron chi connectivity index (χ1n) is 4.12. The molecule has 0 spiro atoms. The smallest absolute Gasteiger partial charge is 0.141 e. The van der Waals surface area contributed by atoms with E-state index >= 15 is 0 Å². The maximum atomic E-state index is 8.62. The summed E-state index contributed by atoms with van der Waals surface area (Å²) in [6.45, 7) is 1.84. The maximum Gasteiger partial charge on any atom is 0.141 e. The fourth-order valence-corrected chi connectivity index (χ4v) is 0.904. The molecule has 1 N–H and O–H groups in total. The van der Waals surface area contributed by atoms with Gasteiger partial charge in [0.2, 0.25) is 0 Å². The Balaban J connectivity index is 3.63. The number of hydrogen-bond acceptors (Lipinski definition) is 3. The Labute approximate surface area is 73.2 Å². The van der Waals surface area contributed by atoms with Gasteiger partial charge in [-0.2, -0.15) is 10.5 Å². The highest BCUT2D eigenvalue weighted by atomic mass is 16.2. The van der Waals surface area contributed by atoms with Gasteiger partial charge in [-0.15, -0.1) is 0 Å². The van der Waals surface area contributed by atoms with Crippen molar-refractivity contribution in [2.45, 2.75) is 32.6 Å². The van der Waals surface area contributed by atoms with Crippen LogP contribution in [-0.4, -0.2) is 11.7 Å². The zero-order valence-corrected chi connectivity index (χ0v) is 7.38. The molecule has 0 bridgehead atoms. The van der Waals surface area contributed by atoms with Crippen LogP contribution in [0.4, 0.5) is 0 Å². The van der Waals surface area contributed by atoms with E-state index in [1.807, 2.05) is 12.1 Å². The van der Waals surface area contributed by atoms with Gasteiger partial charge in [-0.25, -0.2) is 0 Å². The van der Waals surface area contributed by atoms with Crippen LogP contribution in [0.3, 0.4) is 0 Å². The molecule has 0 aliphatic carbocycles. The van der Waals surface area contributed by atoms with E-state index in [4.69, 9.17) is 15.6 Å². The van der Waals surface area contributed by atoms with Crippen LogP contribution in [0.1, 0.15) is 32.6 Å². The minimum Gasteiger partial charge on any atom is -0.396 e. The van der Waals surface area contributed by atoms with E-state index in [1.165, 1.54) is 0 Å². The molecule has 3 heteroatoms. The lowest BCUT2D eigenvalue weighted by Gasteiger charge is -2.10. The van der Waals surface area contributed by atoms with E-state index in [2.05, 4.69) is 0 Å². The summed E-state index contributed by atoms with van der Waals surface area (Å²) in [6, 6.07) is 3.96. The van der Waals surface area contributed by atoms with Gasteiger partial charge in [0.1, 0.15) is 5.41 Å². The summed E-state index contributed by atoms with van der Waals surface area (Å²) < 4.78 is 0. The third-order valence-corrected chi connectivity index (χ3v) is 1.83. The molecule has 0 heterocycles. The van der Waals surface area contributed by atoms with Crippen LogP contribution < -0.4 is 0 Å². The number of hydrogen-bond donors (Lipinski definition) is 1.